The highest BCUT2D eigenvalue weighted by molar-refractivity contribution is 5.83. The van der Waals surface area contributed by atoms with E-state index in [2.05, 4.69) is 5.10 Å². The minimum absolute atomic E-state index is 0.0553. The lowest BCUT2D eigenvalue weighted by atomic mass is 10.0. The van der Waals surface area contributed by atoms with Crippen LogP contribution in [0.1, 0.15) is 48.2 Å². The van der Waals surface area contributed by atoms with Crippen LogP contribution in [0.2, 0.25) is 0 Å². The summed E-state index contributed by atoms with van der Waals surface area (Å²) in [4.78, 5) is 15.1. The maximum atomic E-state index is 13.0. The van der Waals surface area contributed by atoms with E-state index >= 15 is 0 Å². The first-order valence-corrected chi connectivity index (χ1v) is 8.53. The van der Waals surface area contributed by atoms with Gasteiger partial charge in [0.05, 0.1) is 30.7 Å². The van der Waals surface area contributed by atoms with E-state index in [9.17, 15) is 4.79 Å². The topological polar surface area (TPSA) is 60.5 Å². The number of amides is 1. The molecule has 0 aromatic carbocycles. The highest BCUT2D eigenvalue weighted by Crippen LogP contribution is 2.50. The molecule has 6 heteroatoms. The van der Waals surface area contributed by atoms with Crippen molar-refractivity contribution in [2.75, 3.05) is 13.7 Å². The summed E-state index contributed by atoms with van der Waals surface area (Å²) in [7, 11) is 3.54. The second kappa shape index (κ2) is 5.69. The van der Waals surface area contributed by atoms with Gasteiger partial charge in [-0.15, -0.1) is 0 Å². The second-order valence-corrected chi connectivity index (χ2v) is 6.79. The van der Waals surface area contributed by atoms with E-state index in [1.165, 1.54) is 0 Å². The van der Waals surface area contributed by atoms with E-state index in [0.29, 0.717) is 0 Å². The van der Waals surface area contributed by atoms with Crippen LogP contribution in [0.15, 0.2) is 22.8 Å². The Morgan fingerprint density at radius 1 is 1.46 bits per heavy atom. The third-order valence-corrected chi connectivity index (χ3v) is 5.29. The molecular formula is C18H23N3O3. The van der Waals surface area contributed by atoms with E-state index in [4.69, 9.17) is 9.15 Å². The molecule has 24 heavy (non-hydrogen) atoms. The van der Waals surface area contributed by atoms with Gasteiger partial charge in [-0.25, -0.2) is 4.68 Å². The van der Waals surface area contributed by atoms with Gasteiger partial charge in [-0.2, -0.15) is 5.10 Å². The number of hydrogen-bond acceptors (Lipinski definition) is 4. The number of aromatic nitrogens is 2. The Bertz CT molecular complexity index is 750. The smallest absolute Gasteiger partial charge is 0.226 e. The summed E-state index contributed by atoms with van der Waals surface area (Å²) in [5.41, 5.74) is 2.00. The van der Waals surface area contributed by atoms with Gasteiger partial charge in [0.2, 0.25) is 11.8 Å². The first-order chi connectivity index (χ1) is 11.6. The number of furan rings is 1. The highest BCUT2D eigenvalue weighted by atomic mass is 16.5. The number of likely N-dealkylation sites (tertiary alicyclic amines) is 1. The highest BCUT2D eigenvalue weighted by Gasteiger charge is 2.49. The molecule has 0 spiro atoms. The second-order valence-electron chi connectivity index (χ2n) is 6.79. The van der Waals surface area contributed by atoms with Crippen molar-refractivity contribution in [1.29, 1.82) is 0 Å². The van der Waals surface area contributed by atoms with Crippen LogP contribution in [0, 0.1) is 12.8 Å². The molecule has 2 aliphatic rings. The van der Waals surface area contributed by atoms with E-state index in [-0.39, 0.29) is 23.8 Å². The number of aryl methyl sites for hydroxylation is 2. The molecule has 2 aromatic rings. The van der Waals surface area contributed by atoms with Crippen molar-refractivity contribution in [2.45, 2.75) is 38.1 Å². The molecule has 2 aromatic heterocycles. The molecule has 3 unspecified atom stereocenters. The molecule has 0 N–H and O–H groups in total. The predicted octanol–water partition coefficient (Wildman–Crippen LogP) is 2.80. The van der Waals surface area contributed by atoms with Gasteiger partial charge < -0.3 is 14.1 Å². The van der Waals surface area contributed by atoms with Crippen LogP contribution in [-0.2, 0) is 11.8 Å². The van der Waals surface area contributed by atoms with Crippen LogP contribution in [-0.4, -0.2) is 34.2 Å². The van der Waals surface area contributed by atoms with Crippen LogP contribution in [0.3, 0.4) is 0 Å². The monoisotopic (exact) mass is 329 g/mol. The first-order valence-electron chi connectivity index (χ1n) is 8.53. The van der Waals surface area contributed by atoms with Crippen molar-refractivity contribution in [3.63, 3.8) is 0 Å². The molecule has 0 bridgehead atoms. The molecule has 4 rings (SSSR count). The summed E-state index contributed by atoms with van der Waals surface area (Å²) in [6, 6.07) is 3.92. The zero-order valence-corrected chi connectivity index (χ0v) is 14.4. The fourth-order valence-corrected chi connectivity index (χ4v) is 4.11. The van der Waals surface area contributed by atoms with Crippen LogP contribution in [0.4, 0.5) is 0 Å². The summed E-state index contributed by atoms with van der Waals surface area (Å²) in [6.45, 7) is 2.80. The molecule has 0 radical (unpaired) electrons. The Hall–Kier alpha value is -2.24. The van der Waals surface area contributed by atoms with E-state index in [1.54, 1.807) is 18.1 Å². The van der Waals surface area contributed by atoms with Gasteiger partial charge in [-0.3, -0.25) is 4.79 Å². The first kappa shape index (κ1) is 15.3. The maximum Gasteiger partial charge on any atom is 0.226 e. The van der Waals surface area contributed by atoms with Crippen molar-refractivity contribution in [3.8, 4) is 5.88 Å². The van der Waals surface area contributed by atoms with Crippen molar-refractivity contribution < 1.29 is 13.9 Å². The Balaban J connectivity index is 1.57. The molecule has 2 fully saturated rings. The fraction of sp³-hybridized carbons (Fsp3) is 0.556. The van der Waals surface area contributed by atoms with Gasteiger partial charge in [0.1, 0.15) is 5.76 Å². The van der Waals surface area contributed by atoms with Gasteiger partial charge in [-0.05, 0) is 38.3 Å². The maximum absolute atomic E-state index is 13.0. The number of rotatable bonds is 4. The summed E-state index contributed by atoms with van der Waals surface area (Å²) >= 11 is 0. The molecule has 3 heterocycles. The minimum atomic E-state index is 0.0553. The van der Waals surface area contributed by atoms with Crippen molar-refractivity contribution >= 4 is 5.91 Å². The number of carbonyl (C=O) groups excluding carboxylic acids is 1. The van der Waals surface area contributed by atoms with Gasteiger partial charge in [0.25, 0.3) is 0 Å². The number of methoxy groups -OCH3 is 1. The van der Waals surface area contributed by atoms with Crippen LogP contribution >= 0.6 is 0 Å². The standard InChI is InChI=1S/C18H23N3O3/c1-11-16(18(23-3)20(2)19-11)14-6-4-8-21(14)17(22)13-10-12(13)15-7-5-9-24-15/h5,7,9,12-14H,4,6,8,10H2,1-3H3. The zero-order chi connectivity index (χ0) is 16.8. The lowest BCUT2D eigenvalue weighted by molar-refractivity contribution is -0.133. The van der Waals surface area contributed by atoms with Crippen LogP contribution in [0.5, 0.6) is 5.88 Å². The molecule has 1 aliphatic carbocycles. The van der Waals surface area contributed by atoms with Crippen LogP contribution in [0.25, 0.3) is 0 Å². The summed E-state index contributed by atoms with van der Waals surface area (Å²) in [5.74, 6) is 2.23. The predicted molar refractivity (Wildman–Crippen MR) is 87.7 cm³/mol. The largest absolute Gasteiger partial charge is 0.481 e. The summed E-state index contributed by atoms with van der Waals surface area (Å²) in [5, 5.41) is 4.47. The molecular weight excluding hydrogens is 306 g/mol. The Kier molecular flexibility index (Phi) is 3.62. The summed E-state index contributed by atoms with van der Waals surface area (Å²) < 4.78 is 12.8. The van der Waals surface area contributed by atoms with Gasteiger partial charge in [-0.1, -0.05) is 0 Å². The normalized spacial score (nSPS) is 26.0. The quantitative estimate of drug-likeness (QED) is 0.865. The van der Waals surface area contributed by atoms with Gasteiger partial charge in [0, 0.05) is 25.4 Å². The Morgan fingerprint density at radius 3 is 3.00 bits per heavy atom. The lowest BCUT2D eigenvalue weighted by Crippen LogP contribution is -2.32. The van der Waals surface area contributed by atoms with Crippen LogP contribution < -0.4 is 4.74 Å². The van der Waals surface area contributed by atoms with E-state index in [1.807, 2.05) is 31.0 Å². The number of nitrogens with zero attached hydrogens (tertiary/aromatic N) is 3. The average Bonchev–Trinajstić information content (AvgIpc) is 2.95. The zero-order valence-electron chi connectivity index (χ0n) is 14.4. The molecule has 1 saturated heterocycles. The third-order valence-electron chi connectivity index (χ3n) is 5.29. The lowest BCUT2D eigenvalue weighted by Gasteiger charge is -2.25. The Morgan fingerprint density at radius 2 is 2.29 bits per heavy atom. The number of ether oxygens (including phenoxy) is 1. The molecule has 1 aliphatic heterocycles. The molecule has 1 saturated carbocycles. The Labute approximate surface area is 141 Å². The number of hydrogen-bond donors (Lipinski definition) is 0. The summed E-state index contributed by atoms with van der Waals surface area (Å²) in [6.07, 6.45) is 4.55. The molecule has 1 amide bonds. The molecule has 128 valence electrons. The van der Waals surface area contributed by atoms with Crippen molar-refractivity contribution in [1.82, 2.24) is 14.7 Å². The van der Waals surface area contributed by atoms with Crippen molar-refractivity contribution in [3.05, 3.63) is 35.4 Å². The minimum Gasteiger partial charge on any atom is -0.481 e. The number of carbonyl (C=O) groups is 1. The molecule has 6 nitrogen and oxygen atoms in total. The average molecular weight is 329 g/mol. The van der Waals surface area contributed by atoms with E-state index in [0.717, 1.165) is 48.7 Å². The van der Waals surface area contributed by atoms with E-state index < -0.39 is 0 Å². The third kappa shape index (κ3) is 2.32. The van der Waals surface area contributed by atoms with Gasteiger partial charge >= 0.3 is 0 Å². The molecule has 3 atom stereocenters. The fourth-order valence-electron chi connectivity index (χ4n) is 4.11. The van der Waals surface area contributed by atoms with Gasteiger partial charge in [0.15, 0.2) is 0 Å². The SMILES string of the molecule is COc1c(C2CCCN2C(=O)C2CC2c2ccco2)c(C)nn1C. The van der Waals surface area contributed by atoms with Crippen molar-refractivity contribution in [2.24, 2.45) is 13.0 Å².